The van der Waals surface area contributed by atoms with Gasteiger partial charge in [0, 0.05) is 55.2 Å². The monoisotopic (exact) mass is 396 g/mol. The van der Waals surface area contributed by atoms with E-state index in [1.165, 1.54) is 0 Å². The van der Waals surface area contributed by atoms with Gasteiger partial charge in [0.1, 0.15) is 11.7 Å². The van der Waals surface area contributed by atoms with Crippen LogP contribution < -0.4 is 10.1 Å². The van der Waals surface area contributed by atoms with E-state index >= 15 is 0 Å². The number of hydrogen-bond acceptors (Lipinski definition) is 7. The summed E-state index contributed by atoms with van der Waals surface area (Å²) >= 11 is 0. The van der Waals surface area contributed by atoms with E-state index in [1.807, 2.05) is 41.0 Å². The van der Waals surface area contributed by atoms with Gasteiger partial charge in [0.15, 0.2) is 0 Å². The highest BCUT2D eigenvalue weighted by molar-refractivity contribution is 5.84. The molecule has 0 amide bonds. The molecule has 1 fully saturated rings. The zero-order valence-electron chi connectivity index (χ0n) is 16.2. The first-order chi connectivity index (χ1) is 14.1. The predicted octanol–water partition coefficient (Wildman–Crippen LogP) is 1.90. The maximum absolute atomic E-state index is 14.4. The summed E-state index contributed by atoms with van der Waals surface area (Å²) in [5.41, 5.74) is 2.50. The van der Waals surface area contributed by atoms with Crippen LogP contribution in [0.4, 0.5) is 10.3 Å². The average Bonchev–Trinajstić information content (AvgIpc) is 3.35. The largest absolute Gasteiger partial charge is 0.479 e. The topological polar surface area (TPSA) is 84.9 Å². The van der Waals surface area contributed by atoms with E-state index < -0.39 is 6.17 Å². The number of fused-ring (bicyclic) bond motifs is 2. The van der Waals surface area contributed by atoms with Crippen molar-refractivity contribution >= 4 is 17.2 Å². The Morgan fingerprint density at radius 3 is 3.00 bits per heavy atom. The number of nitrogens with one attached hydrogen (secondary N) is 1. The van der Waals surface area contributed by atoms with Crippen LogP contribution >= 0.6 is 0 Å². The van der Waals surface area contributed by atoms with E-state index in [1.54, 1.807) is 24.0 Å². The third-order valence-electron chi connectivity index (χ3n) is 5.29. The maximum Gasteiger partial charge on any atom is 0.244 e. The molecule has 0 spiro atoms. The van der Waals surface area contributed by atoms with Crippen LogP contribution in [0.1, 0.15) is 6.42 Å². The third-order valence-corrected chi connectivity index (χ3v) is 5.29. The van der Waals surface area contributed by atoms with E-state index in [9.17, 15) is 4.39 Å². The Bertz CT molecular complexity index is 1170. The molecule has 5 rings (SSSR count). The molecule has 4 aromatic rings. The number of likely N-dealkylation sites (tertiary alicyclic amines) is 1. The number of aromatic nitrogens is 6. The van der Waals surface area contributed by atoms with Crippen molar-refractivity contribution in [1.82, 2.24) is 33.9 Å². The summed E-state index contributed by atoms with van der Waals surface area (Å²) in [6.07, 6.45) is 8.79. The van der Waals surface area contributed by atoms with Gasteiger partial charge < -0.3 is 15.0 Å². The quantitative estimate of drug-likeness (QED) is 0.564. The molecule has 0 saturated carbocycles. The molecule has 2 atom stereocenters. The Hall–Kier alpha value is -3.27. The Labute approximate surface area is 166 Å². The zero-order chi connectivity index (χ0) is 20.0. The van der Waals surface area contributed by atoms with Gasteiger partial charge in [-0.3, -0.25) is 4.40 Å². The normalized spacial score (nSPS) is 20.4. The van der Waals surface area contributed by atoms with Crippen LogP contribution in [-0.2, 0) is 0 Å². The number of halogens is 1. The molecule has 1 aliphatic rings. The van der Waals surface area contributed by atoms with Gasteiger partial charge in [-0.25, -0.2) is 18.9 Å². The van der Waals surface area contributed by atoms with Crippen LogP contribution in [0.15, 0.2) is 37.1 Å². The van der Waals surface area contributed by atoms with Gasteiger partial charge in [0.05, 0.1) is 13.2 Å². The molecule has 1 saturated heterocycles. The summed E-state index contributed by atoms with van der Waals surface area (Å²) in [5.74, 6) is 1.39. The fourth-order valence-corrected chi connectivity index (χ4v) is 3.77. The number of ether oxygens (including phenoxy) is 1. The smallest absolute Gasteiger partial charge is 0.244 e. The molecule has 10 heteroatoms. The van der Waals surface area contributed by atoms with Crippen LogP contribution in [0.25, 0.3) is 22.4 Å². The van der Waals surface area contributed by atoms with Gasteiger partial charge >= 0.3 is 0 Å². The lowest BCUT2D eigenvalue weighted by Crippen LogP contribution is -2.46. The molecule has 0 aliphatic carbocycles. The van der Waals surface area contributed by atoms with E-state index in [0.29, 0.717) is 30.6 Å². The van der Waals surface area contributed by atoms with Crippen LogP contribution in [0.5, 0.6) is 5.88 Å². The highest BCUT2D eigenvalue weighted by Crippen LogP contribution is 2.31. The summed E-state index contributed by atoms with van der Waals surface area (Å²) in [7, 11) is 3.49. The molecule has 0 radical (unpaired) electrons. The molecule has 0 unspecified atom stereocenters. The number of imidazole rings is 1. The molecule has 29 heavy (non-hydrogen) atoms. The Kier molecular flexibility index (Phi) is 4.27. The van der Waals surface area contributed by atoms with Gasteiger partial charge in [0.2, 0.25) is 17.6 Å². The molecular weight excluding hydrogens is 375 g/mol. The van der Waals surface area contributed by atoms with Crippen molar-refractivity contribution < 1.29 is 9.13 Å². The van der Waals surface area contributed by atoms with E-state index in [4.69, 9.17) is 4.74 Å². The second-order valence-electron chi connectivity index (χ2n) is 7.26. The SMILES string of the molecule is COc1nc(N[C@H]2CCN(C)C[C@H]2F)nn2ccc(-c3cnc4nccn4c3)c12. The highest BCUT2D eigenvalue weighted by Gasteiger charge is 2.28. The summed E-state index contributed by atoms with van der Waals surface area (Å²) in [5, 5.41) is 7.66. The van der Waals surface area contributed by atoms with Crippen molar-refractivity contribution in [2.75, 3.05) is 32.6 Å². The third kappa shape index (κ3) is 3.15. The van der Waals surface area contributed by atoms with Crippen molar-refractivity contribution in [1.29, 1.82) is 0 Å². The fraction of sp³-hybridized carbons (Fsp3) is 0.368. The maximum atomic E-state index is 14.4. The highest BCUT2D eigenvalue weighted by atomic mass is 19.1. The summed E-state index contributed by atoms with van der Waals surface area (Å²) in [6.45, 7) is 1.23. The lowest BCUT2D eigenvalue weighted by Gasteiger charge is -2.32. The number of hydrogen-bond donors (Lipinski definition) is 1. The molecule has 5 heterocycles. The number of methoxy groups -OCH3 is 1. The molecule has 150 valence electrons. The molecule has 1 N–H and O–H groups in total. The van der Waals surface area contributed by atoms with Gasteiger partial charge in [-0.1, -0.05) is 0 Å². The lowest BCUT2D eigenvalue weighted by atomic mass is 10.0. The molecule has 9 nitrogen and oxygen atoms in total. The minimum atomic E-state index is -0.979. The Morgan fingerprint density at radius 1 is 1.28 bits per heavy atom. The molecule has 0 aromatic carbocycles. The molecule has 1 aliphatic heterocycles. The fourth-order valence-electron chi connectivity index (χ4n) is 3.77. The number of piperidine rings is 1. The van der Waals surface area contributed by atoms with Crippen molar-refractivity contribution in [2.45, 2.75) is 18.6 Å². The van der Waals surface area contributed by atoms with E-state index in [-0.39, 0.29) is 6.04 Å². The van der Waals surface area contributed by atoms with Gasteiger partial charge in [-0.15, -0.1) is 5.10 Å². The summed E-state index contributed by atoms with van der Waals surface area (Å²) in [6, 6.07) is 1.61. The van der Waals surface area contributed by atoms with E-state index in [0.717, 1.165) is 23.2 Å². The van der Waals surface area contributed by atoms with Crippen LogP contribution in [0.2, 0.25) is 0 Å². The summed E-state index contributed by atoms with van der Waals surface area (Å²) in [4.78, 5) is 15.0. The van der Waals surface area contributed by atoms with Crippen LogP contribution in [0.3, 0.4) is 0 Å². The Balaban J connectivity index is 1.52. The van der Waals surface area contributed by atoms with Crippen LogP contribution in [0, 0.1) is 0 Å². The first-order valence-electron chi connectivity index (χ1n) is 9.44. The standard InChI is InChI=1S/C19H21FN8O/c1-26-6-4-15(14(20)11-26)23-18-24-17(29-2)16-13(3-7-28(16)25-18)12-9-22-19-21-5-8-27(19)10-12/h3,5,7-10,14-15H,4,6,11H2,1-2H3,(H,23,25)/t14-,15+/m1/s1. The van der Waals surface area contributed by atoms with Gasteiger partial charge in [-0.05, 0) is 19.5 Å². The number of rotatable bonds is 4. The lowest BCUT2D eigenvalue weighted by molar-refractivity contribution is 0.149. The first-order valence-corrected chi connectivity index (χ1v) is 9.44. The predicted molar refractivity (Wildman–Crippen MR) is 106 cm³/mol. The van der Waals surface area contributed by atoms with Gasteiger partial charge in [0.25, 0.3) is 0 Å². The minimum absolute atomic E-state index is 0.323. The number of alkyl halides is 1. The first kappa shape index (κ1) is 17.8. The summed E-state index contributed by atoms with van der Waals surface area (Å²) < 4.78 is 23.5. The number of anilines is 1. The zero-order valence-corrected chi connectivity index (χ0v) is 16.2. The van der Waals surface area contributed by atoms with Crippen molar-refractivity contribution in [3.63, 3.8) is 0 Å². The van der Waals surface area contributed by atoms with Crippen molar-refractivity contribution in [2.24, 2.45) is 0 Å². The van der Waals surface area contributed by atoms with Crippen molar-refractivity contribution in [3.8, 4) is 17.0 Å². The minimum Gasteiger partial charge on any atom is -0.479 e. The Morgan fingerprint density at radius 2 is 2.17 bits per heavy atom. The second kappa shape index (κ2) is 6.96. The number of nitrogens with zero attached hydrogens (tertiary/aromatic N) is 7. The van der Waals surface area contributed by atoms with Crippen LogP contribution in [-0.4, -0.2) is 73.3 Å². The molecular formula is C19H21FN8O. The van der Waals surface area contributed by atoms with Gasteiger partial charge in [-0.2, -0.15) is 4.98 Å². The molecule has 0 bridgehead atoms. The average molecular weight is 396 g/mol. The second-order valence-corrected chi connectivity index (χ2v) is 7.26. The van der Waals surface area contributed by atoms with E-state index in [2.05, 4.69) is 25.4 Å². The van der Waals surface area contributed by atoms with Crippen molar-refractivity contribution in [3.05, 3.63) is 37.1 Å². The molecule has 4 aromatic heterocycles.